The van der Waals surface area contributed by atoms with Gasteiger partial charge in [0.25, 0.3) is 0 Å². The van der Waals surface area contributed by atoms with Crippen molar-refractivity contribution < 1.29 is 14.3 Å². The van der Waals surface area contributed by atoms with Gasteiger partial charge in [0.15, 0.2) is 0 Å². The first kappa shape index (κ1) is 13.5. The SMILES string of the molecule is CCOCC1C[C@@H](OC(C)C)CN1C(C)=O. The first-order valence-electron chi connectivity index (χ1n) is 6.05. The number of nitrogens with zero attached hydrogens (tertiary/aromatic N) is 1. The minimum absolute atomic E-state index is 0.111. The molecule has 1 unspecified atom stereocenters. The van der Waals surface area contributed by atoms with Gasteiger partial charge in [-0.2, -0.15) is 0 Å². The number of hydrogen-bond acceptors (Lipinski definition) is 3. The topological polar surface area (TPSA) is 38.8 Å². The molecule has 1 rings (SSSR count). The fourth-order valence-corrected chi connectivity index (χ4v) is 2.15. The molecule has 0 bridgehead atoms. The normalized spacial score (nSPS) is 25.4. The lowest BCUT2D eigenvalue weighted by Crippen LogP contribution is -2.37. The lowest BCUT2D eigenvalue weighted by molar-refractivity contribution is -0.131. The molecule has 0 aromatic heterocycles. The van der Waals surface area contributed by atoms with Crippen LogP contribution in [0.5, 0.6) is 0 Å². The second-order valence-corrected chi connectivity index (χ2v) is 4.53. The van der Waals surface area contributed by atoms with Crippen LogP contribution in [0.2, 0.25) is 0 Å². The highest BCUT2D eigenvalue weighted by Crippen LogP contribution is 2.21. The van der Waals surface area contributed by atoms with Gasteiger partial charge in [-0.15, -0.1) is 0 Å². The third-order valence-corrected chi connectivity index (χ3v) is 2.76. The van der Waals surface area contributed by atoms with Gasteiger partial charge in [0, 0.05) is 20.1 Å². The van der Waals surface area contributed by atoms with Crippen LogP contribution in [0.4, 0.5) is 0 Å². The quantitative estimate of drug-likeness (QED) is 0.716. The predicted octanol–water partition coefficient (Wildman–Crippen LogP) is 1.44. The standard InChI is InChI=1S/C12H23NO3/c1-5-15-8-11-6-12(16-9(2)3)7-13(11)10(4)14/h9,11-12H,5-8H2,1-4H3/t11?,12-/m1/s1. The molecule has 2 atom stereocenters. The summed E-state index contributed by atoms with van der Waals surface area (Å²) >= 11 is 0. The highest BCUT2D eigenvalue weighted by atomic mass is 16.5. The number of likely N-dealkylation sites (tertiary alicyclic amines) is 1. The van der Waals surface area contributed by atoms with Crippen LogP contribution in [0.1, 0.15) is 34.1 Å². The van der Waals surface area contributed by atoms with Gasteiger partial charge >= 0.3 is 0 Å². The zero-order valence-corrected chi connectivity index (χ0v) is 10.7. The van der Waals surface area contributed by atoms with Crippen LogP contribution in [0.25, 0.3) is 0 Å². The molecule has 0 aromatic carbocycles. The molecule has 1 aliphatic heterocycles. The van der Waals surface area contributed by atoms with Gasteiger partial charge in [0.05, 0.1) is 24.9 Å². The van der Waals surface area contributed by atoms with E-state index < -0.39 is 0 Å². The highest BCUT2D eigenvalue weighted by Gasteiger charge is 2.34. The van der Waals surface area contributed by atoms with Gasteiger partial charge < -0.3 is 14.4 Å². The Morgan fingerprint density at radius 3 is 2.69 bits per heavy atom. The second kappa shape index (κ2) is 6.21. The Morgan fingerprint density at radius 2 is 2.19 bits per heavy atom. The van der Waals surface area contributed by atoms with E-state index in [1.807, 2.05) is 25.7 Å². The molecule has 0 radical (unpaired) electrons. The van der Waals surface area contributed by atoms with Crippen LogP contribution in [-0.2, 0) is 14.3 Å². The molecule has 94 valence electrons. The van der Waals surface area contributed by atoms with E-state index in [1.165, 1.54) is 0 Å². The van der Waals surface area contributed by atoms with Crippen molar-refractivity contribution in [3.63, 3.8) is 0 Å². The summed E-state index contributed by atoms with van der Waals surface area (Å²) in [5.41, 5.74) is 0. The average Bonchev–Trinajstić information content (AvgIpc) is 2.57. The molecule has 0 saturated carbocycles. The van der Waals surface area contributed by atoms with Gasteiger partial charge in [-0.05, 0) is 27.2 Å². The summed E-state index contributed by atoms with van der Waals surface area (Å²) in [6.45, 7) is 9.63. The zero-order valence-electron chi connectivity index (χ0n) is 10.7. The molecule has 1 saturated heterocycles. The first-order chi connectivity index (χ1) is 7.54. The Morgan fingerprint density at radius 1 is 1.50 bits per heavy atom. The summed E-state index contributed by atoms with van der Waals surface area (Å²) in [7, 11) is 0. The van der Waals surface area contributed by atoms with E-state index in [-0.39, 0.29) is 24.2 Å². The molecule has 4 heteroatoms. The Bertz CT molecular complexity index is 230. The molecule has 4 nitrogen and oxygen atoms in total. The largest absolute Gasteiger partial charge is 0.380 e. The minimum atomic E-state index is 0.111. The van der Waals surface area contributed by atoms with E-state index in [9.17, 15) is 4.79 Å². The van der Waals surface area contributed by atoms with Crippen molar-refractivity contribution in [1.29, 1.82) is 0 Å². The van der Waals surface area contributed by atoms with Crippen molar-refractivity contribution in [2.45, 2.75) is 52.4 Å². The molecule has 0 spiro atoms. The number of carbonyl (C=O) groups excluding carboxylic acids is 1. The number of carbonyl (C=O) groups is 1. The summed E-state index contributed by atoms with van der Waals surface area (Å²) < 4.78 is 11.2. The van der Waals surface area contributed by atoms with Gasteiger partial charge in [0.2, 0.25) is 5.91 Å². The lowest BCUT2D eigenvalue weighted by Gasteiger charge is -2.22. The van der Waals surface area contributed by atoms with Crippen molar-refractivity contribution in [2.75, 3.05) is 19.8 Å². The van der Waals surface area contributed by atoms with E-state index in [0.717, 1.165) is 6.42 Å². The van der Waals surface area contributed by atoms with Crippen molar-refractivity contribution >= 4 is 5.91 Å². The summed E-state index contributed by atoms with van der Waals surface area (Å²) in [5.74, 6) is 0.111. The molecule has 1 aliphatic rings. The lowest BCUT2D eigenvalue weighted by atomic mass is 10.2. The summed E-state index contributed by atoms with van der Waals surface area (Å²) in [6, 6.07) is 0.182. The Balaban J connectivity index is 2.50. The first-order valence-corrected chi connectivity index (χ1v) is 6.05. The number of rotatable bonds is 5. The molecular weight excluding hydrogens is 206 g/mol. The van der Waals surface area contributed by atoms with Crippen molar-refractivity contribution in [1.82, 2.24) is 4.90 Å². The molecule has 1 heterocycles. The van der Waals surface area contributed by atoms with Crippen molar-refractivity contribution in [3.8, 4) is 0 Å². The van der Waals surface area contributed by atoms with E-state index >= 15 is 0 Å². The third kappa shape index (κ3) is 3.76. The van der Waals surface area contributed by atoms with Crippen LogP contribution in [0, 0.1) is 0 Å². The van der Waals surface area contributed by atoms with Gasteiger partial charge in [-0.1, -0.05) is 0 Å². The maximum atomic E-state index is 11.5. The average molecular weight is 229 g/mol. The smallest absolute Gasteiger partial charge is 0.219 e. The van der Waals surface area contributed by atoms with Crippen LogP contribution >= 0.6 is 0 Å². The van der Waals surface area contributed by atoms with Crippen LogP contribution in [-0.4, -0.2) is 48.8 Å². The molecule has 1 amide bonds. The van der Waals surface area contributed by atoms with Crippen LogP contribution in [0.15, 0.2) is 0 Å². The molecular formula is C12H23NO3. The second-order valence-electron chi connectivity index (χ2n) is 4.53. The van der Waals surface area contributed by atoms with Gasteiger partial charge in [0.1, 0.15) is 0 Å². The van der Waals surface area contributed by atoms with Crippen molar-refractivity contribution in [2.24, 2.45) is 0 Å². The number of amides is 1. The summed E-state index contributed by atoms with van der Waals surface area (Å²) in [6.07, 6.45) is 1.26. The molecule has 16 heavy (non-hydrogen) atoms. The monoisotopic (exact) mass is 229 g/mol. The van der Waals surface area contributed by atoms with E-state index in [2.05, 4.69) is 0 Å². The van der Waals surface area contributed by atoms with E-state index in [0.29, 0.717) is 19.8 Å². The summed E-state index contributed by atoms with van der Waals surface area (Å²) in [5, 5.41) is 0. The fourth-order valence-electron chi connectivity index (χ4n) is 2.15. The molecule has 0 aromatic rings. The van der Waals surface area contributed by atoms with Gasteiger partial charge in [-0.25, -0.2) is 0 Å². The van der Waals surface area contributed by atoms with E-state index in [4.69, 9.17) is 9.47 Å². The Kier molecular flexibility index (Phi) is 5.22. The van der Waals surface area contributed by atoms with Crippen LogP contribution < -0.4 is 0 Å². The Labute approximate surface area is 97.9 Å². The molecule has 0 aliphatic carbocycles. The van der Waals surface area contributed by atoms with Gasteiger partial charge in [-0.3, -0.25) is 4.79 Å². The maximum absolute atomic E-state index is 11.5. The Hall–Kier alpha value is -0.610. The fraction of sp³-hybridized carbons (Fsp3) is 0.917. The van der Waals surface area contributed by atoms with Crippen LogP contribution in [0.3, 0.4) is 0 Å². The predicted molar refractivity (Wildman–Crippen MR) is 62.3 cm³/mol. The molecule has 1 fully saturated rings. The molecule has 0 N–H and O–H groups in total. The highest BCUT2D eigenvalue weighted by molar-refractivity contribution is 5.74. The third-order valence-electron chi connectivity index (χ3n) is 2.76. The maximum Gasteiger partial charge on any atom is 0.219 e. The number of hydrogen-bond donors (Lipinski definition) is 0. The summed E-state index contributed by atoms with van der Waals surface area (Å²) in [4.78, 5) is 13.3. The zero-order chi connectivity index (χ0) is 12.1. The van der Waals surface area contributed by atoms with E-state index in [1.54, 1.807) is 6.92 Å². The van der Waals surface area contributed by atoms with Crippen molar-refractivity contribution in [3.05, 3.63) is 0 Å². The minimum Gasteiger partial charge on any atom is -0.380 e. The number of ether oxygens (including phenoxy) is 2.